The van der Waals surface area contributed by atoms with Crippen LogP contribution in [0.25, 0.3) is 0 Å². The van der Waals surface area contributed by atoms with E-state index in [1.165, 1.54) is 20.1 Å². The standard InChI is InChI=1S/C64H78N2O12/c1-63(74,54(70)33-76-3)34-66-45-25-41(24-42(26-45)53(69)32-65-2)38-16-17-39-31-56(71)78-61-49(39)28-43(60(72)57(61)37-12-5-4-6-13-37)30-55-64(75)51-15-8-7-14-47(51)48-19-18-40-29-52(68)50(58(48)59(40)64)22-36-11-9-10-35(20-36)21-46(67)27-44(23-38)62(73)77-55/h7,9-11,14,20,24-28,37-40,46-48,50-51,53-55,58-59,65-67,69-70,72,74-75H,4-6,8,12-13,15,18-19,21-23,29-34H2,1-3H3. The van der Waals surface area contributed by atoms with E-state index >= 15 is 4.79 Å². The number of Topliss-reactive ketones (excluding diaryl/α,β-unsaturated/α-hetero) is 1. The summed E-state index contributed by atoms with van der Waals surface area (Å²) in [4.78, 5) is 44.6. The minimum atomic E-state index is -1.67. The number of rotatable bonds is 11. The minimum Gasteiger partial charge on any atom is -0.507 e. The van der Waals surface area contributed by atoms with E-state index in [-0.39, 0.29) is 98.0 Å². The van der Waals surface area contributed by atoms with Crippen LogP contribution in [0.15, 0.2) is 72.3 Å². The molecule has 0 saturated heterocycles. The lowest BCUT2D eigenvalue weighted by atomic mass is 9.40. The van der Waals surface area contributed by atoms with Crippen LogP contribution in [0.2, 0.25) is 0 Å². The van der Waals surface area contributed by atoms with Crippen LogP contribution in [-0.4, -0.2) is 112 Å². The Bertz CT molecular complexity index is 2910. The van der Waals surface area contributed by atoms with Gasteiger partial charge >= 0.3 is 11.9 Å². The third-order valence-electron chi connectivity index (χ3n) is 19.5. The molecule has 14 heteroatoms. The Morgan fingerprint density at radius 2 is 1.69 bits per heavy atom. The molecule has 5 aliphatic carbocycles. The number of aromatic hydroxyl groups is 1. The maximum Gasteiger partial charge on any atom is 0.334 e. The molecule has 0 amide bonds. The highest BCUT2D eigenvalue weighted by atomic mass is 16.6. The summed E-state index contributed by atoms with van der Waals surface area (Å²) in [6.07, 6.45) is 9.48. The Balaban J connectivity index is 1.14. The fourth-order valence-corrected chi connectivity index (χ4v) is 15.8. The Kier molecular flexibility index (Phi) is 15.6. The number of aliphatic hydroxyl groups excluding tert-OH is 3. The van der Waals surface area contributed by atoms with Gasteiger partial charge in [-0.3, -0.25) is 9.59 Å². The summed E-state index contributed by atoms with van der Waals surface area (Å²) in [6.45, 7) is 1.47. The van der Waals surface area contributed by atoms with Gasteiger partial charge in [-0.1, -0.05) is 73.6 Å². The number of ketones is 1. The average Bonchev–Trinajstić information content (AvgIpc) is 3.42. The van der Waals surface area contributed by atoms with Gasteiger partial charge in [0.25, 0.3) is 0 Å². The molecule has 11 rings (SSSR count). The summed E-state index contributed by atoms with van der Waals surface area (Å²) >= 11 is 0. The summed E-state index contributed by atoms with van der Waals surface area (Å²) in [5.41, 5.74) is 1.80. The zero-order chi connectivity index (χ0) is 54.6. The summed E-state index contributed by atoms with van der Waals surface area (Å²) in [7, 11) is 3.17. The molecule has 14 nitrogen and oxygen atoms in total. The van der Waals surface area contributed by atoms with Gasteiger partial charge in [0.2, 0.25) is 0 Å². The Labute approximate surface area is 458 Å². The molecule has 3 aliphatic heterocycles. The molecular formula is C64H78N2O12. The largest absolute Gasteiger partial charge is 0.507 e. The molecule has 12 bridgehead atoms. The van der Waals surface area contributed by atoms with Crippen molar-refractivity contribution in [3.8, 4) is 23.3 Å². The topological polar surface area (TPSA) is 224 Å². The number of phenols is 1. The van der Waals surface area contributed by atoms with Gasteiger partial charge < -0.3 is 55.5 Å². The fourth-order valence-electron chi connectivity index (χ4n) is 15.8. The van der Waals surface area contributed by atoms with Gasteiger partial charge in [-0.15, -0.1) is 0 Å². The lowest BCUT2D eigenvalue weighted by Gasteiger charge is -2.66. The van der Waals surface area contributed by atoms with E-state index in [0.717, 1.165) is 62.5 Å². The highest BCUT2D eigenvalue weighted by Gasteiger charge is 2.68. The van der Waals surface area contributed by atoms with E-state index in [1.54, 1.807) is 13.1 Å². The minimum absolute atomic E-state index is 0.0350. The molecule has 15 unspecified atom stereocenters. The number of carbonyl (C=O) groups excluding carboxylic acids is 3. The molecule has 8 aliphatic rings. The summed E-state index contributed by atoms with van der Waals surface area (Å²) < 4.78 is 18.5. The highest BCUT2D eigenvalue weighted by Crippen LogP contribution is 2.65. The second kappa shape index (κ2) is 22.3. The Morgan fingerprint density at radius 1 is 0.910 bits per heavy atom. The third-order valence-corrected chi connectivity index (χ3v) is 19.5. The lowest BCUT2D eigenvalue weighted by molar-refractivity contribution is -0.256. The van der Waals surface area contributed by atoms with Crippen molar-refractivity contribution in [1.29, 1.82) is 0 Å². The van der Waals surface area contributed by atoms with Gasteiger partial charge in [0.15, 0.2) is 0 Å². The van der Waals surface area contributed by atoms with E-state index in [1.807, 2.05) is 36.4 Å². The van der Waals surface area contributed by atoms with Crippen LogP contribution in [-0.2, 0) is 43.1 Å². The zero-order valence-corrected chi connectivity index (χ0v) is 45.3. The second-order valence-electron chi connectivity index (χ2n) is 24.5. The number of allylic oxidation sites excluding steroid dienone is 2. The molecule has 3 aromatic rings. The molecule has 4 saturated carbocycles. The van der Waals surface area contributed by atoms with Gasteiger partial charge in [-0.05, 0) is 159 Å². The van der Waals surface area contributed by atoms with Gasteiger partial charge in [0.1, 0.15) is 40.7 Å². The first kappa shape index (κ1) is 54.6. The van der Waals surface area contributed by atoms with E-state index in [0.29, 0.717) is 58.5 Å². The normalized spacial score (nSPS) is 33.1. The number of hydrogen-bond donors (Lipinski definition) is 8. The van der Waals surface area contributed by atoms with Crippen molar-refractivity contribution >= 4 is 23.4 Å². The smallest absolute Gasteiger partial charge is 0.334 e. The molecule has 3 heterocycles. The van der Waals surface area contributed by atoms with Gasteiger partial charge in [0, 0.05) is 73.7 Å². The predicted molar refractivity (Wildman–Crippen MR) is 293 cm³/mol. The second-order valence-corrected chi connectivity index (χ2v) is 24.5. The number of anilines is 1. The van der Waals surface area contributed by atoms with Crippen LogP contribution in [0.3, 0.4) is 0 Å². The molecular weight excluding hydrogens is 989 g/mol. The maximum absolute atomic E-state index is 15.9. The van der Waals surface area contributed by atoms with Crippen molar-refractivity contribution in [3.63, 3.8) is 0 Å². The zero-order valence-electron chi connectivity index (χ0n) is 45.3. The van der Waals surface area contributed by atoms with E-state index in [9.17, 15) is 40.2 Å². The summed E-state index contributed by atoms with van der Waals surface area (Å²) in [5.74, 6) is 3.03. The van der Waals surface area contributed by atoms with E-state index in [4.69, 9.17) is 14.2 Å². The first-order chi connectivity index (χ1) is 37.5. The number of benzene rings is 3. The van der Waals surface area contributed by atoms with Crippen LogP contribution in [0.4, 0.5) is 5.69 Å². The number of fused-ring (bicyclic) bond motifs is 10. The number of esters is 2. The number of methoxy groups -OCH3 is 1. The monoisotopic (exact) mass is 1070 g/mol. The first-order valence-corrected chi connectivity index (χ1v) is 28.8. The number of hydrogen-bond acceptors (Lipinski definition) is 14. The molecule has 8 N–H and O–H groups in total. The number of ether oxygens (including phenoxy) is 3. The van der Waals surface area contributed by atoms with Crippen molar-refractivity contribution in [3.05, 3.63) is 111 Å². The number of phenolic OH excluding ortho intramolecular Hbond substituents is 1. The number of aliphatic hydroxyl groups is 5. The highest BCUT2D eigenvalue weighted by molar-refractivity contribution is 5.89. The van der Waals surface area contributed by atoms with Gasteiger partial charge in [-0.2, -0.15) is 0 Å². The quantitative estimate of drug-likeness (QED) is 0.0413. The molecule has 0 radical (unpaired) electrons. The molecule has 0 aromatic heterocycles. The molecule has 416 valence electrons. The molecule has 4 fully saturated rings. The van der Waals surface area contributed by atoms with Gasteiger partial charge in [-0.25, -0.2) is 4.79 Å². The van der Waals surface area contributed by atoms with E-state index in [2.05, 4.69) is 40.7 Å². The Hall–Kier alpha value is -5.37. The SMILES string of the molecule is CNCC(O)c1cc(NCC(C)(O)C(O)COC)cc(C2C#CC3CC(=O)Oc4c3cc(c(O)c4C3CCCCC3)CC3OC(=O)C(=CC(O)Cc4cccc(c4)CC4C(=O)CC5CCC6C7C=CCCC7C3(O)C5C46)C2)c1. The molecule has 3 aromatic carbocycles. The first-order valence-electron chi connectivity index (χ1n) is 28.8. The molecule has 0 spiro atoms. The summed E-state index contributed by atoms with van der Waals surface area (Å²) in [6, 6.07) is 15.2. The van der Waals surface area contributed by atoms with E-state index < -0.39 is 71.2 Å². The molecule has 78 heavy (non-hydrogen) atoms. The lowest BCUT2D eigenvalue weighted by Crippen LogP contribution is -2.71. The van der Waals surface area contributed by atoms with Crippen molar-refractivity contribution in [2.24, 2.45) is 41.4 Å². The van der Waals surface area contributed by atoms with Crippen LogP contribution in [0.5, 0.6) is 11.5 Å². The van der Waals surface area contributed by atoms with Crippen molar-refractivity contribution in [2.45, 2.75) is 157 Å². The van der Waals surface area contributed by atoms with Crippen molar-refractivity contribution in [1.82, 2.24) is 5.32 Å². The Morgan fingerprint density at radius 3 is 2.47 bits per heavy atom. The maximum atomic E-state index is 15.9. The number of carbonyl (C=O) groups is 3. The number of nitrogens with one attached hydrogen (secondary N) is 2. The molecule has 15 atom stereocenters. The predicted octanol–water partition coefficient (Wildman–Crippen LogP) is 7.16. The van der Waals surface area contributed by atoms with Crippen molar-refractivity contribution in [2.75, 3.05) is 39.2 Å². The fraction of sp³-hybridized carbons (Fsp3) is 0.578. The number of likely N-dealkylation sites (N-methyl/N-ethyl adjacent to an activating group) is 1. The van der Waals surface area contributed by atoms with Crippen LogP contribution >= 0.6 is 0 Å². The summed E-state index contributed by atoms with van der Waals surface area (Å²) in [5, 5.41) is 79.8. The van der Waals surface area contributed by atoms with Crippen LogP contribution < -0.4 is 15.4 Å². The third kappa shape index (κ3) is 10.4. The van der Waals surface area contributed by atoms with Gasteiger partial charge in [0.05, 0.1) is 31.2 Å². The van der Waals surface area contributed by atoms with Crippen LogP contribution in [0.1, 0.15) is 147 Å². The van der Waals surface area contributed by atoms with Crippen molar-refractivity contribution < 1.29 is 59.2 Å². The average molecular weight is 1070 g/mol. The van der Waals surface area contributed by atoms with Crippen LogP contribution in [0, 0.1) is 53.3 Å².